The molecule has 2 aliphatic heterocycles. The van der Waals surface area contributed by atoms with E-state index in [1.807, 2.05) is 13.8 Å². The van der Waals surface area contributed by atoms with E-state index < -0.39 is 79.9 Å². The molecule has 0 aromatic heterocycles. The fourth-order valence-corrected chi connectivity index (χ4v) is 4.32. The number of azide groups is 1. The molecule has 2 fully saturated rings. The van der Waals surface area contributed by atoms with Crippen LogP contribution in [0.4, 0.5) is 0 Å². The lowest BCUT2D eigenvalue weighted by molar-refractivity contribution is -0.350. The van der Waals surface area contributed by atoms with Crippen molar-refractivity contribution in [3.8, 4) is 0 Å². The maximum absolute atomic E-state index is 12.0. The van der Waals surface area contributed by atoms with Gasteiger partial charge in [0.15, 0.2) is 18.7 Å². The Bertz CT molecular complexity index is 813. The highest BCUT2D eigenvalue weighted by Crippen LogP contribution is 2.33. The third kappa shape index (κ3) is 9.52. The van der Waals surface area contributed by atoms with Crippen molar-refractivity contribution in [2.24, 2.45) is 5.11 Å². The molecule has 0 amide bonds. The van der Waals surface area contributed by atoms with Crippen molar-refractivity contribution in [2.75, 3.05) is 26.4 Å². The van der Waals surface area contributed by atoms with Gasteiger partial charge >= 0.3 is 11.9 Å². The number of aliphatic hydroxyl groups excluding tert-OH is 3. The Hall–Kier alpha value is -2.07. The number of carbonyl (C=O) groups excluding carboxylic acids is 2. The van der Waals surface area contributed by atoms with Gasteiger partial charge in [-0.15, -0.1) is 0 Å². The molecule has 224 valence electrons. The Morgan fingerprint density at radius 1 is 0.923 bits per heavy atom. The summed E-state index contributed by atoms with van der Waals surface area (Å²) in [5, 5.41) is 34.9. The summed E-state index contributed by atoms with van der Waals surface area (Å²) in [6, 6.07) is -1.25. The number of carbonyl (C=O) groups is 2. The molecule has 0 aliphatic carbocycles. The molecule has 39 heavy (non-hydrogen) atoms. The zero-order chi connectivity index (χ0) is 28.9. The van der Waals surface area contributed by atoms with Crippen LogP contribution in [0, 0.1) is 0 Å². The number of ether oxygens (including phenoxy) is 7. The minimum Gasteiger partial charge on any atom is -0.463 e. The van der Waals surface area contributed by atoms with Crippen molar-refractivity contribution in [3.63, 3.8) is 0 Å². The Labute approximate surface area is 227 Å². The molecule has 0 radical (unpaired) electrons. The quantitative estimate of drug-likeness (QED) is 0.0827. The third-order valence-electron chi connectivity index (χ3n) is 6.28. The lowest BCUT2D eigenvalue weighted by atomic mass is 9.95. The van der Waals surface area contributed by atoms with Gasteiger partial charge in [-0.25, -0.2) is 0 Å². The van der Waals surface area contributed by atoms with Gasteiger partial charge in [0.25, 0.3) is 0 Å². The Morgan fingerprint density at radius 3 is 2.10 bits per heavy atom. The number of rotatable bonds is 15. The normalized spacial score (nSPS) is 34.6. The van der Waals surface area contributed by atoms with E-state index in [-0.39, 0.29) is 19.8 Å². The molecule has 2 aliphatic rings. The van der Waals surface area contributed by atoms with Gasteiger partial charge in [-0.2, -0.15) is 0 Å². The van der Waals surface area contributed by atoms with Crippen molar-refractivity contribution in [2.45, 2.75) is 115 Å². The van der Waals surface area contributed by atoms with Crippen LogP contribution in [0.15, 0.2) is 5.11 Å². The number of aliphatic hydroxyl groups is 3. The number of esters is 2. The topological polar surface area (TPSA) is 208 Å². The molecule has 2 heterocycles. The van der Waals surface area contributed by atoms with Crippen LogP contribution in [-0.4, -0.2) is 115 Å². The minimum atomic E-state index is -1.61. The Kier molecular flexibility index (Phi) is 14.4. The van der Waals surface area contributed by atoms with Crippen LogP contribution < -0.4 is 0 Å². The highest BCUT2D eigenvalue weighted by atomic mass is 16.7. The molecule has 0 saturated carbocycles. The second kappa shape index (κ2) is 16.9. The van der Waals surface area contributed by atoms with E-state index in [1.165, 1.54) is 13.8 Å². The second-order valence-corrected chi connectivity index (χ2v) is 9.33. The van der Waals surface area contributed by atoms with Gasteiger partial charge in [-0.05, 0) is 18.4 Å². The van der Waals surface area contributed by atoms with Crippen LogP contribution in [0.1, 0.15) is 53.4 Å². The molecule has 0 aromatic carbocycles. The molecule has 15 heteroatoms. The largest absolute Gasteiger partial charge is 0.463 e. The molecule has 0 bridgehead atoms. The maximum Gasteiger partial charge on any atom is 0.303 e. The number of hydrogen-bond acceptors (Lipinski definition) is 13. The summed E-state index contributed by atoms with van der Waals surface area (Å²) in [6.07, 6.45) is -8.48. The monoisotopic (exact) mass is 563 g/mol. The summed E-state index contributed by atoms with van der Waals surface area (Å²) in [6.45, 7) is 5.75. The molecule has 2 rings (SSSR count). The summed E-state index contributed by atoms with van der Waals surface area (Å²) < 4.78 is 40.1. The van der Waals surface area contributed by atoms with Crippen molar-refractivity contribution >= 4 is 11.9 Å². The molecule has 15 nitrogen and oxygen atoms in total. The number of unbranched alkanes of at least 4 members (excludes halogenated alkanes) is 2. The fraction of sp³-hybridized carbons (Fsp3) is 0.917. The molecule has 4 unspecified atom stereocenters. The summed E-state index contributed by atoms with van der Waals surface area (Å²) in [4.78, 5) is 26.4. The van der Waals surface area contributed by atoms with Gasteiger partial charge in [0.05, 0.1) is 12.7 Å². The molecule has 2 saturated heterocycles. The molecular weight excluding hydrogens is 522 g/mol. The molecular formula is C24H41N3O12. The highest BCUT2D eigenvalue weighted by molar-refractivity contribution is 5.66. The van der Waals surface area contributed by atoms with Crippen molar-refractivity contribution < 1.29 is 58.1 Å². The van der Waals surface area contributed by atoms with Crippen molar-refractivity contribution in [1.29, 1.82) is 0 Å². The van der Waals surface area contributed by atoms with Crippen LogP contribution in [0.2, 0.25) is 0 Å². The zero-order valence-electron chi connectivity index (χ0n) is 22.8. The SMILES string of the molecule is CCCCOC1[C@H](O)C(CO)O[C@@H](O[C@@H]2C(COC(C)=O)O[C@H](O)C(N=[N+]=[N-])[C@H]2OCCCC)[C@H]1OC(C)=O. The fourth-order valence-electron chi connectivity index (χ4n) is 4.32. The first kappa shape index (κ1) is 33.1. The average molecular weight is 564 g/mol. The lowest BCUT2D eigenvalue weighted by Crippen LogP contribution is -2.65. The predicted molar refractivity (Wildman–Crippen MR) is 132 cm³/mol. The first-order valence-corrected chi connectivity index (χ1v) is 13.2. The second-order valence-electron chi connectivity index (χ2n) is 9.33. The molecule has 0 spiro atoms. The van der Waals surface area contributed by atoms with E-state index in [1.54, 1.807) is 0 Å². The van der Waals surface area contributed by atoms with E-state index in [0.717, 1.165) is 12.8 Å². The minimum absolute atomic E-state index is 0.213. The van der Waals surface area contributed by atoms with Crippen molar-refractivity contribution in [3.05, 3.63) is 10.4 Å². The average Bonchev–Trinajstić information content (AvgIpc) is 2.89. The van der Waals surface area contributed by atoms with Gasteiger partial charge in [-0.1, -0.05) is 31.8 Å². The van der Waals surface area contributed by atoms with Crippen LogP contribution in [0.5, 0.6) is 0 Å². The van der Waals surface area contributed by atoms with E-state index in [9.17, 15) is 24.9 Å². The summed E-state index contributed by atoms with van der Waals surface area (Å²) in [7, 11) is 0. The van der Waals surface area contributed by atoms with Crippen molar-refractivity contribution in [1.82, 2.24) is 0 Å². The van der Waals surface area contributed by atoms with E-state index in [2.05, 4.69) is 10.0 Å². The van der Waals surface area contributed by atoms with Gasteiger partial charge in [0.1, 0.15) is 43.2 Å². The Morgan fingerprint density at radius 2 is 1.56 bits per heavy atom. The van der Waals surface area contributed by atoms with Gasteiger partial charge in [0, 0.05) is 32.0 Å². The van der Waals surface area contributed by atoms with Gasteiger partial charge in [-0.3, -0.25) is 9.59 Å². The zero-order valence-corrected chi connectivity index (χ0v) is 22.8. The van der Waals surface area contributed by atoms with E-state index in [0.29, 0.717) is 12.8 Å². The summed E-state index contributed by atoms with van der Waals surface area (Å²) >= 11 is 0. The molecule has 3 N–H and O–H groups in total. The van der Waals surface area contributed by atoms with Crippen LogP contribution in [0.3, 0.4) is 0 Å². The van der Waals surface area contributed by atoms with Crippen LogP contribution >= 0.6 is 0 Å². The first-order chi connectivity index (χ1) is 18.7. The summed E-state index contributed by atoms with van der Waals surface area (Å²) in [5.41, 5.74) is 9.12. The number of nitrogens with zero attached hydrogens (tertiary/aromatic N) is 3. The van der Waals surface area contributed by atoms with E-state index in [4.69, 9.17) is 38.7 Å². The lowest BCUT2D eigenvalue weighted by Gasteiger charge is -2.48. The maximum atomic E-state index is 12.0. The number of hydrogen-bond donors (Lipinski definition) is 3. The van der Waals surface area contributed by atoms with Gasteiger partial charge in [0.2, 0.25) is 0 Å². The predicted octanol–water partition coefficient (Wildman–Crippen LogP) is 0.711. The van der Waals surface area contributed by atoms with Crippen LogP contribution in [0.25, 0.3) is 10.4 Å². The molecule has 0 aromatic rings. The smallest absolute Gasteiger partial charge is 0.303 e. The highest BCUT2D eigenvalue weighted by Gasteiger charge is 2.53. The third-order valence-corrected chi connectivity index (χ3v) is 6.28. The molecule has 10 atom stereocenters. The van der Waals surface area contributed by atoms with Crippen LogP contribution in [-0.2, 0) is 42.7 Å². The summed E-state index contributed by atoms with van der Waals surface area (Å²) in [5.74, 6) is -1.32. The first-order valence-electron chi connectivity index (χ1n) is 13.2. The standard InChI is InChI=1S/C24H41N3O12/c1-5-7-9-33-20-17(26-27-25)23(32)37-16(12-35-13(3)29)19(20)39-24-22(36-14(4)30)21(34-10-8-6-2)18(31)15(11-28)38-24/h15-24,28,31-32H,5-12H2,1-4H3/t15?,16?,17?,18-,19-,20-,21?,22+,23+,24+/m1/s1. The van der Waals surface area contributed by atoms with E-state index >= 15 is 0 Å². The Balaban J connectivity index is 2.47. The van der Waals surface area contributed by atoms with Gasteiger partial charge < -0.3 is 48.5 Å².